The number of nitrogens with one attached hydrogen (secondary N) is 1. The number of nitrogens with zero attached hydrogens (tertiary/aromatic N) is 5. The molecule has 0 saturated heterocycles. The van der Waals surface area contributed by atoms with Crippen LogP contribution in [0.15, 0.2) is 24.3 Å². The number of hydrogen-bond donors (Lipinski definition) is 2. The predicted molar refractivity (Wildman–Crippen MR) is 116 cm³/mol. The molecule has 2 aliphatic rings. The van der Waals surface area contributed by atoms with Gasteiger partial charge in [-0.1, -0.05) is 12.1 Å². The molecule has 1 fully saturated rings. The van der Waals surface area contributed by atoms with Crippen LogP contribution in [-0.4, -0.2) is 58.5 Å². The van der Waals surface area contributed by atoms with Crippen molar-refractivity contribution in [2.45, 2.75) is 44.1 Å². The minimum Gasteiger partial charge on any atom is -0.486 e. The zero-order chi connectivity index (χ0) is 23.2. The van der Waals surface area contributed by atoms with E-state index < -0.39 is 6.36 Å². The number of anilines is 2. The van der Waals surface area contributed by atoms with Crippen molar-refractivity contribution in [3.63, 3.8) is 0 Å². The van der Waals surface area contributed by atoms with Crippen molar-refractivity contribution in [2.75, 3.05) is 30.4 Å². The highest BCUT2D eigenvalue weighted by molar-refractivity contribution is 5.82. The minimum absolute atomic E-state index is 0.206. The van der Waals surface area contributed by atoms with Crippen LogP contribution < -0.4 is 25.4 Å². The Morgan fingerprint density at radius 2 is 1.97 bits per heavy atom. The molecule has 1 aromatic carbocycles. The van der Waals surface area contributed by atoms with Gasteiger partial charge in [0.2, 0.25) is 5.65 Å². The summed E-state index contributed by atoms with van der Waals surface area (Å²) in [5.41, 5.74) is 7.61. The van der Waals surface area contributed by atoms with Crippen LogP contribution in [0.5, 0.6) is 11.5 Å². The fourth-order valence-electron chi connectivity index (χ4n) is 4.33. The number of ether oxygens (including phenoxy) is 2. The molecule has 0 atom stereocenters. The first-order chi connectivity index (χ1) is 15.8. The number of hydrogen-bond acceptors (Lipinski definition) is 8. The van der Waals surface area contributed by atoms with E-state index in [2.05, 4.69) is 25.2 Å². The Balaban J connectivity index is 1.58. The van der Waals surface area contributed by atoms with Gasteiger partial charge in [0.05, 0.1) is 6.54 Å². The highest BCUT2D eigenvalue weighted by Crippen LogP contribution is 2.41. The van der Waals surface area contributed by atoms with E-state index in [1.807, 2.05) is 7.05 Å². The van der Waals surface area contributed by atoms with E-state index in [1.165, 1.54) is 22.7 Å². The van der Waals surface area contributed by atoms with Crippen LogP contribution in [0.1, 0.15) is 25.7 Å². The van der Waals surface area contributed by atoms with Crippen molar-refractivity contribution in [3.05, 3.63) is 24.3 Å². The largest absolute Gasteiger partial charge is 0.573 e. The van der Waals surface area contributed by atoms with Gasteiger partial charge >= 0.3 is 6.36 Å². The van der Waals surface area contributed by atoms with Crippen LogP contribution in [-0.2, 0) is 0 Å². The van der Waals surface area contributed by atoms with E-state index in [1.54, 1.807) is 6.07 Å². The fourth-order valence-corrected chi connectivity index (χ4v) is 4.33. The second-order valence-corrected chi connectivity index (χ2v) is 8.39. The molecule has 0 unspecified atom stereocenters. The van der Waals surface area contributed by atoms with Crippen molar-refractivity contribution >= 4 is 17.2 Å². The van der Waals surface area contributed by atoms with Crippen LogP contribution in [0.4, 0.5) is 24.7 Å². The molecule has 33 heavy (non-hydrogen) atoms. The average molecular weight is 463 g/mol. The van der Waals surface area contributed by atoms with Gasteiger partial charge in [-0.05, 0) is 37.8 Å². The first-order valence-electron chi connectivity index (χ1n) is 10.8. The Kier molecular flexibility index (Phi) is 5.39. The first-order valence-corrected chi connectivity index (χ1v) is 10.8. The lowest BCUT2D eigenvalue weighted by molar-refractivity contribution is -0.274. The Morgan fingerprint density at radius 1 is 1.18 bits per heavy atom. The predicted octanol–water partition coefficient (Wildman–Crippen LogP) is 3.20. The zero-order valence-corrected chi connectivity index (χ0v) is 18.0. The molecule has 0 amide bonds. The van der Waals surface area contributed by atoms with Gasteiger partial charge in [0.25, 0.3) is 0 Å². The smallest absolute Gasteiger partial charge is 0.486 e. The number of benzene rings is 1. The Bertz CT molecular complexity index is 1160. The summed E-state index contributed by atoms with van der Waals surface area (Å²) in [4.78, 5) is 2.05. The van der Waals surface area contributed by atoms with Gasteiger partial charge in [0.15, 0.2) is 17.4 Å². The van der Waals surface area contributed by atoms with E-state index in [9.17, 15) is 13.2 Å². The molecule has 3 heterocycles. The summed E-state index contributed by atoms with van der Waals surface area (Å²) >= 11 is 0. The molecule has 0 bridgehead atoms. The summed E-state index contributed by atoms with van der Waals surface area (Å²) in [5.74, 6) is 1.09. The van der Waals surface area contributed by atoms with Gasteiger partial charge in [-0.2, -0.15) is 4.52 Å². The molecule has 0 radical (unpaired) electrons. The molecular formula is C21H24F3N7O2. The topological polar surface area (TPSA) is 103 Å². The third kappa shape index (κ3) is 4.34. The number of nitrogens with two attached hydrogens (primary N) is 1. The van der Waals surface area contributed by atoms with Crippen LogP contribution in [0.2, 0.25) is 0 Å². The molecule has 1 aliphatic carbocycles. The van der Waals surface area contributed by atoms with Crippen molar-refractivity contribution in [3.8, 4) is 22.9 Å². The Hall–Kier alpha value is -3.28. The van der Waals surface area contributed by atoms with Gasteiger partial charge in [0, 0.05) is 24.7 Å². The maximum absolute atomic E-state index is 12.7. The number of likely N-dealkylation sites (N-methyl/N-ethyl adjacent to an activating group) is 1. The van der Waals surface area contributed by atoms with Gasteiger partial charge in [0.1, 0.15) is 18.0 Å². The lowest BCUT2D eigenvalue weighted by atomic mass is 9.92. The Morgan fingerprint density at radius 3 is 2.73 bits per heavy atom. The number of fused-ring (bicyclic) bond motifs is 3. The molecule has 9 nitrogen and oxygen atoms in total. The second-order valence-electron chi connectivity index (χ2n) is 8.39. The van der Waals surface area contributed by atoms with E-state index in [4.69, 9.17) is 15.6 Å². The SMILES string of the molecule is CN1CCOc2c1c(N[C@H]1CC[C@H](N)CC1)nn1c(-c3cccc(OC(F)(F)F)c3)nnc21. The van der Waals surface area contributed by atoms with Crippen molar-refractivity contribution in [1.29, 1.82) is 0 Å². The summed E-state index contributed by atoms with van der Waals surface area (Å²) in [6.07, 6.45) is -1.09. The number of halogens is 3. The van der Waals surface area contributed by atoms with E-state index >= 15 is 0 Å². The van der Waals surface area contributed by atoms with E-state index in [-0.39, 0.29) is 23.7 Å². The molecule has 0 spiro atoms. The molecule has 176 valence electrons. The van der Waals surface area contributed by atoms with Gasteiger partial charge in [-0.25, -0.2) is 0 Å². The van der Waals surface area contributed by atoms with Gasteiger partial charge in [-0.3, -0.25) is 0 Å². The zero-order valence-electron chi connectivity index (χ0n) is 18.0. The summed E-state index contributed by atoms with van der Waals surface area (Å²) in [7, 11) is 1.96. The fraction of sp³-hybridized carbons (Fsp3) is 0.476. The quantitative estimate of drug-likeness (QED) is 0.608. The van der Waals surface area contributed by atoms with E-state index in [0.717, 1.165) is 31.4 Å². The monoisotopic (exact) mass is 463 g/mol. The van der Waals surface area contributed by atoms with Crippen LogP contribution in [0.3, 0.4) is 0 Å². The molecule has 3 N–H and O–H groups in total. The van der Waals surface area contributed by atoms with Crippen LogP contribution in [0.25, 0.3) is 17.0 Å². The van der Waals surface area contributed by atoms with Crippen molar-refractivity contribution in [2.24, 2.45) is 5.73 Å². The standard InChI is InChI=1S/C21H24F3N7O2/c1-30-9-10-32-17-16(30)18(26-14-7-5-13(25)6-8-14)29-31-19(27-28-20(17)31)12-3-2-4-15(11-12)33-21(22,23)24/h2-4,11,13-14H,5-10,25H2,1H3,(H,26,29)/t13-,14-. The molecular weight excluding hydrogens is 439 g/mol. The Labute approximate surface area is 187 Å². The van der Waals surface area contributed by atoms with Crippen LogP contribution >= 0.6 is 0 Å². The average Bonchev–Trinajstić information content (AvgIpc) is 3.18. The van der Waals surface area contributed by atoms with Crippen molar-refractivity contribution in [1.82, 2.24) is 19.8 Å². The third-order valence-electron chi connectivity index (χ3n) is 5.98. The second kappa shape index (κ2) is 8.25. The summed E-state index contributed by atoms with van der Waals surface area (Å²) in [6.45, 7) is 1.16. The molecule has 1 aliphatic heterocycles. The molecule has 2 aromatic heterocycles. The maximum atomic E-state index is 12.7. The highest BCUT2D eigenvalue weighted by Gasteiger charge is 2.32. The summed E-state index contributed by atoms with van der Waals surface area (Å²) in [6, 6.07) is 6.00. The lowest BCUT2D eigenvalue weighted by Crippen LogP contribution is -2.35. The first kappa shape index (κ1) is 21.6. The molecule has 5 rings (SSSR count). The highest BCUT2D eigenvalue weighted by atomic mass is 19.4. The molecule has 12 heteroatoms. The van der Waals surface area contributed by atoms with Crippen LogP contribution in [0, 0.1) is 0 Å². The maximum Gasteiger partial charge on any atom is 0.573 e. The number of alkyl halides is 3. The van der Waals surface area contributed by atoms with Gasteiger partial charge in [-0.15, -0.1) is 28.5 Å². The number of rotatable bonds is 4. The lowest BCUT2D eigenvalue weighted by Gasteiger charge is -2.32. The minimum atomic E-state index is -4.79. The molecule has 3 aromatic rings. The third-order valence-corrected chi connectivity index (χ3v) is 5.98. The molecule has 1 saturated carbocycles. The van der Waals surface area contributed by atoms with Gasteiger partial charge < -0.3 is 25.4 Å². The summed E-state index contributed by atoms with van der Waals surface area (Å²) in [5, 5.41) is 16.7. The number of aromatic nitrogens is 4. The van der Waals surface area contributed by atoms with Crippen molar-refractivity contribution < 1.29 is 22.6 Å². The normalized spacial score (nSPS) is 20.9. The summed E-state index contributed by atoms with van der Waals surface area (Å²) < 4.78 is 49.6. The van der Waals surface area contributed by atoms with E-state index in [0.29, 0.717) is 35.9 Å².